The maximum absolute atomic E-state index is 5.91. The number of benzene rings is 1. The van der Waals surface area contributed by atoms with E-state index in [9.17, 15) is 0 Å². The molecule has 2 N–H and O–H groups in total. The Balaban J connectivity index is 1.74. The quantitative estimate of drug-likeness (QED) is 0.926. The van der Waals surface area contributed by atoms with E-state index in [0.717, 1.165) is 38.2 Å². The minimum absolute atomic E-state index is 0.369. The van der Waals surface area contributed by atoms with Crippen LogP contribution in [0.15, 0.2) is 18.2 Å². The number of piperidine rings is 1. The van der Waals surface area contributed by atoms with Crippen molar-refractivity contribution in [3.63, 3.8) is 0 Å². The minimum Gasteiger partial charge on any atom is -0.492 e. The van der Waals surface area contributed by atoms with Crippen LogP contribution < -0.4 is 10.5 Å². The van der Waals surface area contributed by atoms with Crippen LogP contribution >= 0.6 is 23.2 Å². The van der Waals surface area contributed by atoms with Crippen LogP contribution in [0.25, 0.3) is 0 Å². The highest BCUT2D eigenvalue weighted by Crippen LogP contribution is 2.24. The molecule has 100 valence electrons. The first-order valence-corrected chi connectivity index (χ1v) is 6.96. The van der Waals surface area contributed by atoms with Gasteiger partial charge in [0.15, 0.2) is 0 Å². The van der Waals surface area contributed by atoms with E-state index in [1.54, 1.807) is 18.2 Å². The van der Waals surface area contributed by atoms with E-state index in [0.29, 0.717) is 22.7 Å². The highest BCUT2D eigenvalue weighted by molar-refractivity contribution is 6.34. The fraction of sp³-hybridized carbons (Fsp3) is 0.538. The van der Waals surface area contributed by atoms with Crippen LogP contribution in [0, 0.1) is 0 Å². The van der Waals surface area contributed by atoms with Crippen molar-refractivity contribution in [2.45, 2.75) is 18.9 Å². The predicted octanol–water partition coefficient (Wildman–Crippen LogP) is 2.80. The summed E-state index contributed by atoms with van der Waals surface area (Å²) in [4.78, 5) is 2.37. The van der Waals surface area contributed by atoms with Gasteiger partial charge in [-0.2, -0.15) is 0 Å². The Hall–Kier alpha value is -0.480. The summed E-state index contributed by atoms with van der Waals surface area (Å²) in [5, 5.41) is 1.20. The van der Waals surface area contributed by atoms with Crippen LogP contribution in [-0.2, 0) is 0 Å². The van der Waals surface area contributed by atoms with Crippen molar-refractivity contribution in [1.82, 2.24) is 4.90 Å². The molecule has 2 rings (SSSR count). The molecule has 0 aromatic heterocycles. The maximum Gasteiger partial charge on any atom is 0.122 e. The van der Waals surface area contributed by atoms with Gasteiger partial charge in [-0.3, -0.25) is 4.90 Å². The molecule has 3 nitrogen and oxygen atoms in total. The Labute approximate surface area is 118 Å². The van der Waals surface area contributed by atoms with Crippen LogP contribution in [0.4, 0.5) is 0 Å². The molecule has 0 aliphatic carbocycles. The van der Waals surface area contributed by atoms with Gasteiger partial charge in [0.2, 0.25) is 0 Å². The average molecular weight is 289 g/mol. The summed E-state index contributed by atoms with van der Waals surface area (Å²) in [7, 11) is 0. The van der Waals surface area contributed by atoms with Crippen LogP contribution in [-0.4, -0.2) is 37.2 Å². The summed E-state index contributed by atoms with van der Waals surface area (Å²) in [5.74, 6) is 0.723. The lowest BCUT2D eigenvalue weighted by atomic mass is 10.1. The van der Waals surface area contributed by atoms with Gasteiger partial charge in [-0.15, -0.1) is 0 Å². The summed E-state index contributed by atoms with van der Waals surface area (Å²) in [5.41, 5.74) is 5.86. The minimum atomic E-state index is 0.369. The highest BCUT2D eigenvalue weighted by Gasteiger charge is 2.15. The van der Waals surface area contributed by atoms with E-state index in [1.807, 2.05) is 0 Å². The van der Waals surface area contributed by atoms with E-state index < -0.39 is 0 Å². The van der Waals surface area contributed by atoms with Gasteiger partial charge in [0.1, 0.15) is 12.4 Å². The van der Waals surface area contributed by atoms with Crippen molar-refractivity contribution in [2.24, 2.45) is 5.73 Å². The van der Waals surface area contributed by atoms with Gasteiger partial charge in [0.25, 0.3) is 0 Å². The van der Waals surface area contributed by atoms with Crippen LogP contribution in [0.2, 0.25) is 10.0 Å². The molecule has 0 spiro atoms. The lowest BCUT2D eigenvalue weighted by Gasteiger charge is -2.29. The molecule has 0 unspecified atom stereocenters. The van der Waals surface area contributed by atoms with Crippen molar-refractivity contribution in [3.05, 3.63) is 28.2 Å². The van der Waals surface area contributed by atoms with Gasteiger partial charge in [0.05, 0.1) is 0 Å². The van der Waals surface area contributed by atoms with Gasteiger partial charge in [-0.1, -0.05) is 23.2 Å². The second-order valence-corrected chi connectivity index (χ2v) is 5.51. The third kappa shape index (κ3) is 4.32. The lowest BCUT2D eigenvalue weighted by Crippen LogP contribution is -2.41. The molecule has 5 heteroatoms. The van der Waals surface area contributed by atoms with Crippen LogP contribution in [0.3, 0.4) is 0 Å². The first-order chi connectivity index (χ1) is 8.63. The van der Waals surface area contributed by atoms with Gasteiger partial charge in [0, 0.05) is 22.6 Å². The molecule has 1 aliphatic heterocycles. The maximum atomic E-state index is 5.91. The Morgan fingerprint density at radius 3 is 2.39 bits per heavy atom. The lowest BCUT2D eigenvalue weighted by molar-refractivity contribution is 0.174. The third-order valence-corrected chi connectivity index (χ3v) is 3.58. The number of rotatable bonds is 4. The van der Waals surface area contributed by atoms with Gasteiger partial charge >= 0.3 is 0 Å². The number of ether oxygens (including phenoxy) is 1. The van der Waals surface area contributed by atoms with Gasteiger partial charge < -0.3 is 10.5 Å². The molecule has 0 atom stereocenters. The molecule has 0 saturated carbocycles. The zero-order valence-corrected chi connectivity index (χ0v) is 11.8. The summed E-state index contributed by atoms with van der Waals surface area (Å²) < 4.78 is 5.66. The number of halogens is 2. The molecule has 0 bridgehead atoms. The van der Waals surface area contributed by atoms with Crippen molar-refractivity contribution >= 4 is 23.2 Å². The first-order valence-electron chi connectivity index (χ1n) is 6.20. The Morgan fingerprint density at radius 2 is 1.78 bits per heavy atom. The van der Waals surface area contributed by atoms with E-state index in [2.05, 4.69) is 4.90 Å². The normalized spacial score (nSPS) is 17.9. The zero-order valence-electron chi connectivity index (χ0n) is 10.2. The summed E-state index contributed by atoms with van der Waals surface area (Å²) >= 11 is 11.8. The molecule has 1 aromatic rings. The number of hydrogen-bond donors (Lipinski definition) is 1. The number of nitrogens with zero attached hydrogens (tertiary/aromatic N) is 1. The highest BCUT2D eigenvalue weighted by atomic mass is 35.5. The van der Waals surface area contributed by atoms with E-state index in [4.69, 9.17) is 33.7 Å². The van der Waals surface area contributed by atoms with Gasteiger partial charge in [-0.05, 0) is 44.1 Å². The molecular formula is C13H18Cl2N2O. The Bertz CT molecular complexity index is 372. The summed E-state index contributed by atoms with van der Waals surface area (Å²) in [6.45, 7) is 3.67. The second-order valence-electron chi connectivity index (χ2n) is 4.63. The molecular weight excluding hydrogens is 271 g/mol. The average Bonchev–Trinajstić information content (AvgIpc) is 2.30. The second kappa shape index (κ2) is 6.62. The number of hydrogen-bond acceptors (Lipinski definition) is 3. The molecule has 0 amide bonds. The molecule has 1 saturated heterocycles. The molecule has 1 aromatic carbocycles. The smallest absolute Gasteiger partial charge is 0.122 e. The zero-order chi connectivity index (χ0) is 13.0. The largest absolute Gasteiger partial charge is 0.492 e. The predicted molar refractivity (Wildman–Crippen MR) is 75.6 cm³/mol. The number of likely N-dealkylation sites (tertiary alicyclic amines) is 1. The molecule has 1 aliphatic rings. The van der Waals surface area contributed by atoms with E-state index in [1.165, 1.54) is 0 Å². The monoisotopic (exact) mass is 288 g/mol. The summed E-state index contributed by atoms with van der Waals surface area (Å²) in [6.07, 6.45) is 2.14. The molecule has 18 heavy (non-hydrogen) atoms. The van der Waals surface area contributed by atoms with E-state index >= 15 is 0 Å². The van der Waals surface area contributed by atoms with Crippen molar-refractivity contribution < 1.29 is 4.74 Å². The van der Waals surface area contributed by atoms with Crippen molar-refractivity contribution in [1.29, 1.82) is 0 Å². The van der Waals surface area contributed by atoms with Crippen molar-refractivity contribution in [3.8, 4) is 5.75 Å². The van der Waals surface area contributed by atoms with Crippen molar-refractivity contribution in [2.75, 3.05) is 26.2 Å². The third-order valence-electron chi connectivity index (χ3n) is 3.14. The molecule has 0 radical (unpaired) electrons. The van der Waals surface area contributed by atoms with E-state index in [-0.39, 0.29) is 0 Å². The first kappa shape index (κ1) is 13.9. The molecule has 1 heterocycles. The number of nitrogens with two attached hydrogens (primary N) is 1. The Morgan fingerprint density at radius 1 is 1.17 bits per heavy atom. The fourth-order valence-corrected chi connectivity index (χ4v) is 2.59. The Kier molecular flexibility index (Phi) is 5.13. The van der Waals surface area contributed by atoms with Crippen LogP contribution in [0.1, 0.15) is 12.8 Å². The SMILES string of the molecule is NC1CCN(CCOc2cc(Cl)cc(Cl)c2)CC1. The summed E-state index contributed by atoms with van der Waals surface area (Å²) in [6, 6.07) is 5.62. The topological polar surface area (TPSA) is 38.5 Å². The van der Waals surface area contributed by atoms with Crippen LogP contribution in [0.5, 0.6) is 5.75 Å². The fourth-order valence-electron chi connectivity index (χ4n) is 2.08. The molecule has 1 fully saturated rings. The van der Waals surface area contributed by atoms with Gasteiger partial charge in [-0.25, -0.2) is 0 Å². The standard InChI is InChI=1S/C13H18Cl2N2O/c14-10-7-11(15)9-13(8-10)18-6-5-17-3-1-12(16)2-4-17/h7-9,12H,1-6,16H2.